The Morgan fingerprint density at radius 1 is 0.788 bits per heavy atom. The van der Waals surface area contributed by atoms with Crippen molar-refractivity contribution in [2.45, 2.75) is 96.9 Å². The summed E-state index contributed by atoms with van der Waals surface area (Å²) in [4.78, 5) is 23.9. The van der Waals surface area contributed by atoms with Crippen LogP contribution in [0.15, 0.2) is 28.7 Å². The van der Waals surface area contributed by atoms with Crippen molar-refractivity contribution in [3.05, 3.63) is 45.4 Å². The van der Waals surface area contributed by atoms with Gasteiger partial charge in [0.1, 0.15) is 47.1 Å². The number of rotatable bonds is 6. The molecule has 0 saturated carbocycles. The Morgan fingerprint density at radius 2 is 1.21 bits per heavy atom. The minimum Gasteiger partial charge on any atom is -0.491 e. The first-order valence-corrected chi connectivity index (χ1v) is 18.1. The first-order chi connectivity index (χ1) is 24.2. The molecule has 4 heterocycles. The SMILES string of the molecule is CC(C)(C)OC(=O)NCC1OB2OC(C)(CO)COc3ccc(Br)c1c32.Cc1ccc2c3c1C(CNC(=O)OC(C)(C)C)OB3OC(C)(CO)CO2. The van der Waals surface area contributed by atoms with Gasteiger partial charge in [0.05, 0.1) is 25.4 Å². The number of carbonyl (C=O) groups is 2. The molecule has 17 heteroatoms. The Balaban J connectivity index is 0.000000201. The minimum absolute atomic E-state index is 0.185. The monoisotopic (exact) mass is 790 g/mol. The number of nitrogens with one attached hydrogen (secondary N) is 2. The second kappa shape index (κ2) is 15.4. The van der Waals surface area contributed by atoms with Gasteiger partial charge in [-0.05, 0) is 97.2 Å². The van der Waals surface area contributed by atoms with Crippen LogP contribution in [-0.2, 0) is 28.1 Å². The van der Waals surface area contributed by atoms with Gasteiger partial charge in [0.25, 0.3) is 0 Å². The van der Waals surface area contributed by atoms with E-state index in [1.807, 2.05) is 52.0 Å². The number of aliphatic hydroxyl groups excluding tert-OH is 2. The van der Waals surface area contributed by atoms with E-state index in [0.29, 0.717) is 11.5 Å². The fraction of sp³-hybridized carbons (Fsp3) is 0.600. The highest BCUT2D eigenvalue weighted by molar-refractivity contribution is 9.10. The van der Waals surface area contributed by atoms with Gasteiger partial charge in [-0.25, -0.2) is 9.59 Å². The highest BCUT2D eigenvalue weighted by Crippen LogP contribution is 2.38. The topological polar surface area (TPSA) is 172 Å². The molecule has 52 heavy (non-hydrogen) atoms. The first-order valence-electron chi connectivity index (χ1n) is 17.3. The molecule has 14 nitrogen and oxygen atoms in total. The van der Waals surface area contributed by atoms with E-state index in [2.05, 4.69) is 26.6 Å². The highest BCUT2D eigenvalue weighted by atomic mass is 79.9. The lowest BCUT2D eigenvalue weighted by molar-refractivity contribution is -0.0271. The molecule has 2 aromatic carbocycles. The molecule has 0 saturated heterocycles. The van der Waals surface area contributed by atoms with E-state index >= 15 is 0 Å². The van der Waals surface area contributed by atoms with E-state index in [1.165, 1.54) is 0 Å². The molecule has 0 radical (unpaired) electrons. The number of aryl methyl sites for hydroxylation is 1. The fourth-order valence-corrected chi connectivity index (χ4v) is 6.65. The molecule has 4 aliphatic rings. The third-order valence-electron chi connectivity index (χ3n) is 8.53. The average molecular weight is 791 g/mol. The summed E-state index contributed by atoms with van der Waals surface area (Å²) in [6.07, 6.45) is -1.82. The Bertz CT molecular complexity index is 1530. The van der Waals surface area contributed by atoms with Crippen LogP contribution >= 0.6 is 15.9 Å². The number of hydrogen-bond donors (Lipinski definition) is 4. The summed E-state index contributed by atoms with van der Waals surface area (Å²) in [6.45, 7) is 16.9. The molecule has 6 rings (SSSR count). The number of hydrogen-bond acceptors (Lipinski definition) is 12. The van der Waals surface area contributed by atoms with E-state index < -0.39 is 54.9 Å². The van der Waals surface area contributed by atoms with Crippen molar-refractivity contribution in [2.75, 3.05) is 39.5 Å². The van der Waals surface area contributed by atoms with E-state index in [4.69, 9.17) is 37.6 Å². The van der Waals surface area contributed by atoms with Crippen LogP contribution in [0.5, 0.6) is 11.5 Å². The van der Waals surface area contributed by atoms with Crippen LogP contribution in [0, 0.1) is 6.92 Å². The van der Waals surface area contributed by atoms with Crippen LogP contribution in [0.4, 0.5) is 9.59 Å². The number of carbonyl (C=O) groups excluding carboxylic acids is 2. The molecular weight excluding hydrogens is 742 g/mol. The predicted octanol–water partition coefficient (Wildman–Crippen LogP) is 3.35. The maximum atomic E-state index is 12.0. The lowest BCUT2D eigenvalue weighted by Crippen LogP contribution is -2.45. The number of aliphatic hydroxyl groups is 2. The van der Waals surface area contributed by atoms with Crippen LogP contribution in [0.3, 0.4) is 0 Å². The number of benzene rings is 2. The van der Waals surface area contributed by atoms with Gasteiger partial charge in [-0.2, -0.15) is 0 Å². The lowest BCUT2D eigenvalue weighted by Gasteiger charge is -2.27. The van der Waals surface area contributed by atoms with Gasteiger partial charge in [-0.3, -0.25) is 0 Å². The Labute approximate surface area is 313 Å². The van der Waals surface area contributed by atoms with Crippen molar-refractivity contribution in [2.24, 2.45) is 0 Å². The van der Waals surface area contributed by atoms with Crippen LogP contribution in [0.1, 0.15) is 84.3 Å². The van der Waals surface area contributed by atoms with Gasteiger partial charge in [-0.1, -0.05) is 22.0 Å². The average Bonchev–Trinajstić information content (AvgIpc) is 3.50. The molecule has 0 bridgehead atoms. The van der Waals surface area contributed by atoms with Gasteiger partial charge in [0, 0.05) is 28.5 Å². The zero-order valence-corrected chi connectivity index (χ0v) is 32.8. The molecule has 0 aliphatic carbocycles. The third-order valence-corrected chi connectivity index (χ3v) is 9.22. The summed E-state index contributed by atoms with van der Waals surface area (Å²) in [5, 5.41) is 24.8. The van der Waals surface area contributed by atoms with E-state index in [1.54, 1.807) is 34.6 Å². The van der Waals surface area contributed by atoms with Gasteiger partial charge in [-0.15, -0.1) is 0 Å². The van der Waals surface area contributed by atoms with Crippen molar-refractivity contribution >= 4 is 53.3 Å². The highest BCUT2D eigenvalue weighted by Gasteiger charge is 2.49. The summed E-state index contributed by atoms with van der Waals surface area (Å²) in [7, 11) is -1.33. The zero-order valence-electron chi connectivity index (χ0n) is 31.2. The van der Waals surface area contributed by atoms with Crippen molar-refractivity contribution in [3.63, 3.8) is 0 Å². The first kappa shape index (κ1) is 40.1. The molecule has 4 unspecified atom stereocenters. The molecule has 284 valence electrons. The summed E-state index contributed by atoms with van der Waals surface area (Å²) in [5.74, 6) is 1.35. The smallest absolute Gasteiger partial charge is 0.491 e. The molecule has 2 aromatic rings. The minimum atomic E-state index is -0.874. The number of ether oxygens (including phenoxy) is 4. The van der Waals surface area contributed by atoms with Gasteiger partial charge < -0.3 is 58.4 Å². The number of alkyl carbamates (subject to hydrolysis) is 2. The number of halogens is 1. The van der Waals surface area contributed by atoms with Crippen molar-refractivity contribution in [1.29, 1.82) is 0 Å². The fourth-order valence-electron chi connectivity index (χ4n) is 6.04. The van der Waals surface area contributed by atoms with E-state index in [0.717, 1.165) is 32.1 Å². The third kappa shape index (κ3) is 9.35. The largest absolute Gasteiger partial charge is 0.499 e. The molecule has 2 amide bonds. The van der Waals surface area contributed by atoms with Crippen LogP contribution in [0.2, 0.25) is 0 Å². The molecule has 0 aromatic heterocycles. The normalized spacial score (nSPS) is 24.5. The van der Waals surface area contributed by atoms with Gasteiger partial charge in [0.2, 0.25) is 0 Å². The number of amides is 2. The van der Waals surface area contributed by atoms with Crippen LogP contribution in [-0.4, -0.2) is 98.6 Å². The maximum Gasteiger partial charge on any atom is 0.499 e. The molecule has 0 spiro atoms. The van der Waals surface area contributed by atoms with Crippen molar-refractivity contribution in [3.8, 4) is 11.5 Å². The molecule has 4 aliphatic heterocycles. The van der Waals surface area contributed by atoms with Crippen molar-refractivity contribution < 1.29 is 57.4 Å². The second-order valence-corrected chi connectivity index (χ2v) is 16.6. The van der Waals surface area contributed by atoms with Gasteiger partial charge >= 0.3 is 26.4 Å². The summed E-state index contributed by atoms with van der Waals surface area (Å²) >= 11 is 3.55. The van der Waals surface area contributed by atoms with E-state index in [9.17, 15) is 19.8 Å². The summed E-state index contributed by atoms with van der Waals surface area (Å²) < 4.78 is 47.2. The molecule has 0 fully saturated rings. The zero-order chi connectivity index (χ0) is 38.2. The summed E-state index contributed by atoms with van der Waals surface area (Å²) in [6, 6.07) is 7.57. The quantitative estimate of drug-likeness (QED) is 0.315. The molecule has 4 N–H and O–H groups in total. The summed E-state index contributed by atoms with van der Waals surface area (Å²) in [5.41, 5.74) is 1.59. The Morgan fingerprint density at radius 3 is 1.65 bits per heavy atom. The predicted molar refractivity (Wildman–Crippen MR) is 196 cm³/mol. The van der Waals surface area contributed by atoms with Crippen molar-refractivity contribution in [1.82, 2.24) is 10.6 Å². The second-order valence-electron chi connectivity index (χ2n) is 15.8. The maximum absolute atomic E-state index is 12.0. The van der Waals surface area contributed by atoms with E-state index in [-0.39, 0.29) is 45.6 Å². The Hall–Kier alpha value is -3.05. The standard InChI is InChI=1S/C18H26BNO6.C17H23BBrNO6/c1-11-6-7-12-15-14(11)13(8-20-16(22)24-17(2,3)4)25-19(15)26-18(5,9-21)10-23-12;1-16(2,3)24-15(22)20-7-12-13-10(19)5-6-11-14(13)18(25-12)26-17(4,8-21)9-23-11/h6-7,13,21H,8-10H2,1-5H3,(H,20,22);5-6,12,21H,7-9H2,1-4H3,(H,20,22). The van der Waals surface area contributed by atoms with Crippen LogP contribution < -0.4 is 31.0 Å². The molecule has 4 atom stereocenters. The lowest BCUT2D eigenvalue weighted by atomic mass is 9.76. The van der Waals surface area contributed by atoms with Gasteiger partial charge in [0.15, 0.2) is 0 Å². The Kier molecular flexibility index (Phi) is 11.9. The molecular formula is C35H49B2BrN2O12. The van der Waals surface area contributed by atoms with Crippen LogP contribution in [0.25, 0.3) is 0 Å².